The smallest absolute Gasteiger partial charge is 0.317 e. The average molecular weight is 382 g/mol. The van der Waals surface area contributed by atoms with Gasteiger partial charge in [0.2, 0.25) is 0 Å². The number of carboxylic acids is 1. The van der Waals surface area contributed by atoms with Crippen LogP contribution in [0.1, 0.15) is 6.42 Å². The number of amides is 2. The van der Waals surface area contributed by atoms with Gasteiger partial charge in [0.25, 0.3) is 0 Å². The van der Waals surface area contributed by atoms with Crippen LogP contribution in [0.4, 0.5) is 4.79 Å². The second-order valence-electron chi connectivity index (χ2n) is 5.05. The van der Waals surface area contributed by atoms with Gasteiger partial charge >= 0.3 is 12.0 Å². The lowest BCUT2D eigenvalue weighted by molar-refractivity contribution is -0.141. The minimum absolute atomic E-state index is 0.170. The Kier molecular flexibility index (Phi) is 6.21. The molecule has 1 saturated heterocycles. The quantitative estimate of drug-likeness (QED) is 0.768. The van der Waals surface area contributed by atoms with E-state index in [0.717, 1.165) is 0 Å². The lowest BCUT2D eigenvalue weighted by Gasteiger charge is -2.17. The Labute approximate surface area is 148 Å². The predicted molar refractivity (Wildman–Crippen MR) is 87.7 cm³/mol. The number of aliphatic carboxylic acids is 1. The molecule has 1 aromatic rings. The SMILES string of the molecule is O=C(O)C1CCN(C(=O)NCCOc2c(Cl)cc(Cl)cc2Cl)C1. The monoisotopic (exact) mass is 380 g/mol. The number of rotatable bonds is 5. The Morgan fingerprint density at radius 3 is 2.52 bits per heavy atom. The number of urea groups is 1. The van der Waals surface area contributed by atoms with E-state index in [-0.39, 0.29) is 35.8 Å². The molecule has 1 aliphatic rings. The minimum Gasteiger partial charge on any atom is -0.489 e. The van der Waals surface area contributed by atoms with Crippen molar-refractivity contribution in [3.05, 3.63) is 27.2 Å². The molecule has 23 heavy (non-hydrogen) atoms. The predicted octanol–water partition coefficient (Wildman–Crippen LogP) is 3.14. The molecule has 0 spiro atoms. The van der Waals surface area contributed by atoms with Gasteiger partial charge in [0.15, 0.2) is 5.75 Å². The van der Waals surface area contributed by atoms with Gasteiger partial charge in [0.1, 0.15) is 6.61 Å². The average Bonchev–Trinajstić information content (AvgIpc) is 2.95. The molecule has 1 aromatic carbocycles. The maximum absolute atomic E-state index is 11.9. The van der Waals surface area contributed by atoms with Crippen LogP contribution in [0.3, 0.4) is 0 Å². The summed E-state index contributed by atoms with van der Waals surface area (Å²) in [5.41, 5.74) is 0. The number of carbonyl (C=O) groups excluding carboxylic acids is 1. The van der Waals surface area contributed by atoms with Crippen molar-refractivity contribution in [2.75, 3.05) is 26.2 Å². The molecule has 1 unspecified atom stereocenters. The van der Waals surface area contributed by atoms with Gasteiger partial charge in [-0.3, -0.25) is 4.79 Å². The second kappa shape index (κ2) is 7.95. The summed E-state index contributed by atoms with van der Waals surface area (Å²) >= 11 is 17.8. The van der Waals surface area contributed by atoms with E-state index in [1.807, 2.05) is 0 Å². The Morgan fingerprint density at radius 2 is 1.96 bits per heavy atom. The van der Waals surface area contributed by atoms with Crippen molar-refractivity contribution in [1.29, 1.82) is 0 Å². The van der Waals surface area contributed by atoms with Gasteiger partial charge < -0.3 is 20.1 Å². The largest absolute Gasteiger partial charge is 0.489 e. The number of hydrogen-bond acceptors (Lipinski definition) is 3. The summed E-state index contributed by atoms with van der Waals surface area (Å²) in [6.07, 6.45) is 0.468. The van der Waals surface area contributed by atoms with E-state index in [0.29, 0.717) is 23.7 Å². The van der Waals surface area contributed by atoms with Crippen molar-refractivity contribution in [2.24, 2.45) is 5.92 Å². The minimum atomic E-state index is -0.879. The normalized spacial score (nSPS) is 17.2. The zero-order chi connectivity index (χ0) is 17.0. The van der Waals surface area contributed by atoms with Crippen LogP contribution in [0.25, 0.3) is 0 Å². The maximum atomic E-state index is 11.9. The summed E-state index contributed by atoms with van der Waals surface area (Å²) in [5.74, 6) is -1.07. The fourth-order valence-corrected chi connectivity index (χ4v) is 3.16. The summed E-state index contributed by atoms with van der Waals surface area (Å²) in [4.78, 5) is 24.2. The van der Waals surface area contributed by atoms with Crippen molar-refractivity contribution in [1.82, 2.24) is 10.2 Å². The molecule has 0 bridgehead atoms. The first-order valence-corrected chi connectivity index (χ1v) is 8.04. The van der Waals surface area contributed by atoms with Crippen LogP contribution in [0, 0.1) is 5.92 Å². The molecule has 0 aliphatic carbocycles. The zero-order valence-electron chi connectivity index (χ0n) is 12.0. The Morgan fingerprint density at radius 1 is 1.30 bits per heavy atom. The molecule has 2 rings (SSSR count). The van der Waals surface area contributed by atoms with Crippen LogP contribution in [0.2, 0.25) is 15.1 Å². The number of ether oxygens (including phenoxy) is 1. The molecule has 0 aromatic heterocycles. The zero-order valence-corrected chi connectivity index (χ0v) is 14.3. The van der Waals surface area contributed by atoms with Gasteiger partial charge in [-0.15, -0.1) is 0 Å². The van der Waals surface area contributed by atoms with Crippen LogP contribution in [0.5, 0.6) is 5.75 Å². The van der Waals surface area contributed by atoms with Crippen LogP contribution < -0.4 is 10.1 Å². The summed E-state index contributed by atoms with van der Waals surface area (Å²) < 4.78 is 5.45. The van der Waals surface area contributed by atoms with E-state index in [1.54, 1.807) is 0 Å². The van der Waals surface area contributed by atoms with Crippen molar-refractivity contribution in [3.63, 3.8) is 0 Å². The second-order valence-corrected chi connectivity index (χ2v) is 6.30. The Bertz CT molecular complexity index is 589. The number of carboxylic acid groups (broad SMARTS) is 1. The number of halogens is 3. The number of carbonyl (C=O) groups is 2. The number of hydrogen-bond donors (Lipinski definition) is 2. The van der Waals surface area contributed by atoms with Gasteiger partial charge in [-0.1, -0.05) is 34.8 Å². The van der Waals surface area contributed by atoms with Gasteiger partial charge in [-0.25, -0.2) is 4.79 Å². The molecular formula is C14H15Cl3N2O4. The van der Waals surface area contributed by atoms with E-state index >= 15 is 0 Å². The first kappa shape index (κ1) is 18.0. The third-order valence-corrected chi connectivity index (χ3v) is 4.19. The standard InChI is InChI=1S/C14H15Cl3N2O4/c15-9-5-10(16)12(11(17)6-9)23-4-2-18-14(22)19-3-1-8(7-19)13(20)21/h5-6,8H,1-4,7H2,(H,18,22)(H,20,21). The van der Waals surface area contributed by atoms with Crippen LogP contribution in [-0.2, 0) is 4.79 Å². The topological polar surface area (TPSA) is 78.9 Å². The highest BCUT2D eigenvalue weighted by Gasteiger charge is 2.30. The summed E-state index contributed by atoms with van der Waals surface area (Å²) in [6.45, 7) is 1.06. The molecule has 1 heterocycles. The first-order chi connectivity index (χ1) is 10.9. The van der Waals surface area contributed by atoms with Gasteiger partial charge in [-0.2, -0.15) is 0 Å². The molecular weight excluding hydrogens is 367 g/mol. The Balaban J connectivity index is 1.76. The maximum Gasteiger partial charge on any atom is 0.317 e. The fraction of sp³-hybridized carbons (Fsp3) is 0.429. The molecule has 1 aliphatic heterocycles. The molecule has 2 amide bonds. The molecule has 0 radical (unpaired) electrons. The molecule has 6 nitrogen and oxygen atoms in total. The fourth-order valence-electron chi connectivity index (χ4n) is 2.24. The van der Waals surface area contributed by atoms with Gasteiger partial charge in [0.05, 0.1) is 22.5 Å². The summed E-state index contributed by atoms with van der Waals surface area (Å²) in [6, 6.07) is 2.71. The van der Waals surface area contributed by atoms with E-state index in [4.69, 9.17) is 44.6 Å². The van der Waals surface area contributed by atoms with Crippen LogP contribution >= 0.6 is 34.8 Å². The number of benzene rings is 1. The van der Waals surface area contributed by atoms with E-state index in [1.165, 1.54) is 17.0 Å². The molecule has 126 valence electrons. The summed E-state index contributed by atoms with van der Waals surface area (Å²) in [7, 11) is 0. The van der Waals surface area contributed by atoms with Crippen molar-refractivity contribution in [2.45, 2.75) is 6.42 Å². The number of nitrogens with one attached hydrogen (secondary N) is 1. The Hall–Kier alpha value is -1.37. The van der Waals surface area contributed by atoms with Crippen LogP contribution in [0.15, 0.2) is 12.1 Å². The highest BCUT2D eigenvalue weighted by molar-refractivity contribution is 6.40. The number of likely N-dealkylation sites (tertiary alicyclic amines) is 1. The lowest BCUT2D eigenvalue weighted by atomic mass is 10.1. The van der Waals surface area contributed by atoms with Gasteiger partial charge in [0, 0.05) is 18.1 Å². The van der Waals surface area contributed by atoms with E-state index < -0.39 is 11.9 Å². The third-order valence-electron chi connectivity index (χ3n) is 3.41. The lowest BCUT2D eigenvalue weighted by Crippen LogP contribution is -2.40. The summed E-state index contributed by atoms with van der Waals surface area (Å²) in [5, 5.41) is 12.6. The molecule has 0 saturated carbocycles. The molecule has 9 heteroatoms. The third kappa shape index (κ3) is 4.80. The molecule has 2 N–H and O–H groups in total. The highest BCUT2D eigenvalue weighted by Crippen LogP contribution is 2.35. The number of nitrogens with zero attached hydrogens (tertiary/aromatic N) is 1. The van der Waals surface area contributed by atoms with Crippen LogP contribution in [-0.4, -0.2) is 48.2 Å². The first-order valence-electron chi connectivity index (χ1n) is 6.91. The van der Waals surface area contributed by atoms with E-state index in [9.17, 15) is 9.59 Å². The van der Waals surface area contributed by atoms with Crippen molar-refractivity contribution >= 4 is 46.8 Å². The van der Waals surface area contributed by atoms with Gasteiger partial charge in [-0.05, 0) is 18.6 Å². The van der Waals surface area contributed by atoms with E-state index in [2.05, 4.69) is 5.32 Å². The highest BCUT2D eigenvalue weighted by atomic mass is 35.5. The molecule has 1 atom stereocenters. The van der Waals surface area contributed by atoms with Crippen molar-refractivity contribution < 1.29 is 19.4 Å². The molecule has 1 fully saturated rings. The van der Waals surface area contributed by atoms with Crippen molar-refractivity contribution in [3.8, 4) is 5.75 Å².